The Morgan fingerprint density at radius 2 is 1.90 bits per heavy atom. The summed E-state index contributed by atoms with van der Waals surface area (Å²) in [7, 11) is 0. The molecule has 0 bridgehead atoms. The van der Waals surface area contributed by atoms with Gasteiger partial charge in [0.05, 0.1) is 6.07 Å². The van der Waals surface area contributed by atoms with Gasteiger partial charge < -0.3 is 0 Å². The molecule has 0 saturated heterocycles. The first-order valence-electron chi connectivity index (χ1n) is 2.56. The molecule has 0 radical (unpaired) electrons. The van der Waals surface area contributed by atoms with Gasteiger partial charge in [-0.3, -0.25) is 0 Å². The van der Waals surface area contributed by atoms with Crippen LogP contribution in [0.2, 0.25) is 0 Å². The lowest BCUT2D eigenvalue weighted by Gasteiger charge is -2.09. The van der Waals surface area contributed by atoms with Gasteiger partial charge in [-0.25, -0.2) is 4.39 Å². The number of rotatable bonds is 2. The van der Waals surface area contributed by atoms with E-state index in [0.717, 1.165) is 0 Å². The monoisotopic (exact) mass is 155 g/mol. The van der Waals surface area contributed by atoms with Gasteiger partial charge in [0, 0.05) is 12.8 Å². The summed E-state index contributed by atoms with van der Waals surface area (Å²) in [6, 6.07) is 1.43. The van der Waals surface area contributed by atoms with E-state index >= 15 is 0 Å². The molecule has 10 heavy (non-hydrogen) atoms. The van der Waals surface area contributed by atoms with Gasteiger partial charge in [-0.2, -0.15) is 18.4 Å². The second-order valence-electron chi connectivity index (χ2n) is 1.71. The topological polar surface area (TPSA) is 23.8 Å². The molecular weight excluding hydrogens is 150 g/mol. The van der Waals surface area contributed by atoms with Crippen LogP contribution in [-0.2, 0) is 0 Å². The van der Waals surface area contributed by atoms with Gasteiger partial charge in [0.1, 0.15) is 0 Å². The lowest BCUT2D eigenvalue weighted by Crippen LogP contribution is -2.23. The first-order chi connectivity index (χ1) is 4.48. The van der Waals surface area contributed by atoms with E-state index in [1.807, 2.05) is 0 Å². The van der Waals surface area contributed by atoms with Crippen LogP contribution in [0.3, 0.4) is 0 Å². The molecule has 0 aliphatic rings. The molecule has 0 saturated carbocycles. The molecule has 0 N–H and O–H groups in total. The van der Waals surface area contributed by atoms with Crippen LogP contribution < -0.4 is 0 Å². The van der Waals surface area contributed by atoms with Crippen LogP contribution >= 0.6 is 0 Å². The van der Waals surface area contributed by atoms with E-state index in [4.69, 9.17) is 5.26 Å². The maximum absolute atomic E-state index is 11.8. The number of hydrogen-bond acceptors (Lipinski definition) is 1. The van der Waals surface area contributed by atoms with Gasteiger partial charge in [-0.15, -0.1) is 0 Å². The van der Waals surface area contributed by atoms with Crippen molar-refractivity contribution in [3.8, 4) is 6.07 Å². The summed E-state index contributed by atoms with van der Waals surface area (Å²) in [5, 5.41) is 7.80. The summed E-state index contributed by atoms with van der Waals surface area (Å²) in [5.41, 5.74) is 0. The van der Waals surface area contributed by atoms with E-state index in [9.17, 15) is 17.6 Å². The highest BCUT2D eigenvalue weighted by Gasteiger charge is 2.39. The highest BCUT2D eigenvalue weighted by Crippen LogP contribution is 2.25. The summed E-state index contributed by atoms with van der Waals surface area (Å²) in [6.07, 6.45) is -8.83. The Labute approximate surface area is 55.3 Å². The van der Waals surface area contributed by atoms with Crippen molar-refractivity contribution in [3.05, 3.63) is 0 Å². The van der Waals surface area contributed by atoms with Crippen molar-refractivity contribution >= 4 is 0 Å². The zero-order valence-corrected chi connectivity index (χ0v) is 4.95. The molecule has 0 aromatic carbocycles. The van der Waals surface area contributed by atoms with E-state index in [1.54, 1.807) is 0 Å². The summed E-state index contributed by atoms with van der Waals surface area (Å²) in [4.78, 5) is 0. The van der Waals surface area contributed by atoms with Crippen LogP contribution in [0, 0.1) is 11.3 Å². The Hall–Kier alpha value is -0.790. The third-order valence-corrected chi connectivity index (χ3v) is 0.865. The normalized spacial score (nSPS) is 14.3. The van der Waals surface area contributed by atoms with E-state index < -0.39 is 25.2 Å². The average Bonchev–Trinajstić information content (AvgIpc) is 1.80. The smallest absolute Gasteiger partial charge is 0.237 e. The molecule has 5 heteroatoms. The molecule has 0 spiro atoms. The predicted octanol–water partition coefficient (Wildman–Crippen LogP) is 2.19. The Morgan fingerprint density at radius 1 is 1.40 bits per heavy atom. The first kappa shape index (κ1) is 9.21. The van der Waals surface area contributed by atoms with Crippen molar-refractivity contribution in [3.63, 3.8) is 0 Å². The average molecular weight is 155 g/mol. The highest BCUT2D eigenvalue weighted by atomic mass is 19.4. The van der Waals surface area contributed by atoms with E-state index in [2.05, 4.69) is 0 Å². The molecule has 1 atom stereocenters. The van der Waals surface area contributed by atoms with Gasteiger partial charge in [-0.05, 0) is 0 Å². The van der Waals surface area contributed by atoms with Crippen molar-refractivity contribution in [2.24, 2.45) is 0 Å². The maximum atomic E-state index is 11.8. The highest BCUT2D eigenvalue weighted by molar-refractivity contribution is 4.75. The van der Waals surface area contributed by atoms with Crippen molar-refractivity contribution in [1.29, 1.82) is 5.26 Å². The standard InChI is InChI=1S/C5H5F4N/c6-4(2-1-3-10)5(7,8)9/h4H,1-2H2. The van der Waals surface area contributed by atoms with Crippen molar-refractivity contribution in [1.82, 2.24) is 0 Å². The van der Waals surface area contributed by atoms with E-state index in [0.29, 0.717) is 0 Å². The molecule has 0 aromatic rings. The van der Waals surface area contributed by atoms with Crippen LogP contribution in [-0.4, -0.2) is 12.3 Å². The second kappa shape index (κ2) is 3.40. The summed E-state index contributed by atoms with van der Waals surface area (Å²) >= 11 is 0. The van der Waals surface area contributed by atoms with Gasteiger partial charge in [0.2, 0.25) is 0 Å². The molecule has 0 amide bonds. The third kappa shape index (κ3) is 3.28. The van der Waals surface area contributed by atoms with E-state index in [1.165, 1.54) is 6.07 Å². The summed E-state index contributed by atoms with van der Waals surface area (Å²) in [5.74, 6) is 0. The molecule has 0 aromatic heterocycles. The number of halogens is 4. The fraction of sp³-hybridized carbons (Fsp3) is 0.800. The van der Waals surface area contributed by atoms with Gasteiger partial charge >= 0.3 is 6.18 Å². The molecule has 0 aliphatic heterocycles. The summed E-state index contributed by atoms with van der Waals surface area (Å²) < 4.78 is 45.7. The molecular formula is C5H5F4N. The Morgan fingerprint density at radius 3 is 2.20 bits per heavy atom. The largest absolute Gasteiger partial charge is 0.419 e. The molecule has 0 fully saturated rings. The predicted molar refractivity (Wildman–Crippen MR) is 25.8 cm³/mol. The second-order valence-corrected chi connectivity index (χ2v) is 1.71. The zero-order chi connectivity index (χ0) is 8.20. The van der Waals surface area contributed by atoms with Crippen molar-refractivity contribution in [2.75, 3.05) is 0 Å². The van der Waals surface area contributed by atoms with Crippen LogP contribution in [0.4, 0.5) is 17.6 Å². The molecule has 1 unspecified atom stereocenters. The Bertz CT molecular complexity index is 134. The molecule has 58 valence electrons. The van der Waals surface area contributed by atoms with Gasteiger partial charge in [0.15, 0.2) is 6.17 Å². The fourth-order valence-corrected chi connectivity index (χ4v) is 0.355. The minimum atomic E-state index is -4.81. The lowest BCUT2D eigenvalue weighted by atomic mass is 10.2. The third-order valence-electron chi connectivity index (χ3n) is 0.865. The lowest BCUT2D eigenvalue weighted by molar-refractivity contribution is -0.181. The number of hydrogen-bond donors (Lipinski definition) is 0. The minimum absolute atomic E-state index is 0.402. The van der Waals surface area contributed by atoms with Crippen molar-refractivity contribution < 1.29 is 17.6 Å². The summed E-state index contributed by atoms with van der Waals surface area (Å²) in [6.45, 7) is 0. The number of nitrogens with zero attached hydrogens (tertiary/aromatic N) is 1. The molecule has 1 nitrogen and oxygen atoms in total. The minimum Gasteiger partial charge on any atom is -0.237 e. The Kier molecular flexibility index (Phi) is 3.13. The van der Waals surface area contributed by atoms with E-state index in [-0.39, 0.29) is 0 Å². The van der Waals surface area contributed by atoms with Gasteiger partial charge in [-0.1, -0.05) is 0 Å². The van der Waals surface area contributed by atoms with Gasteiger partial charge in [0.25, 0.3) is 0 Å². The number of alkyl halides is 4. The van der Waals surface area contributed by atoms with Crippen LogP contribution in [0.5, 0.6) is 0 Å². The van der Waals surface area contributed by atoms with Crippen LogP contribution in [0.25, 0.3) is 0 Å². The Balaban J connectivity index is 3.65. The molecule has 0 aliphatic carbocycles. The molecule has 0 rings (SSSR count). The SMILES string of the molecule is N#CCCC(F)C(F)(F)F. The quantitative estimate of drug-likeness (QED) is 0.560. The number of nitriles is 1. The van der Waals surface area contributed by atoms with Crippen molar-refractivity contribution in [2.45, 2.75) is 25.2 Å². The fourth-order valence-electron chi connectivity index (χ4n) is 0.355. The van der Waals surface area contributed by atoms with Crippen LogP contribution in [0.15, 0.2) is 0 Å². The van der Waals surface area contributed by atoms with Crippen LogP contribution in [0.1, 0.15) is 12.8 Å². The first-order valence-corrected chi connectivity index (χ1v) is 2.56. The maximum Gasteiger partial charge on any atom is 0.419 e. The zero-order valence-electron chi connectivity index (χ0n) is 4.95. The molecule has 0 heterocycles.